The van der Waals surface area contributed by atoms with Gasteiger partial charge in [0.25, 0.3) is 0 Å². The largest absolute Gasteiger partial charge is 0.331 e. The predicted molar refractivity (Wildman–Crippen MR) is 163 cm³/mol. The smallest absolute Gasteiger partial charge is 0.135 e. The van der Waals surface area contributed by atoms with Crippen LogP contribution in [0.1, 0.15) is 25.0 Å². The number of hydrogen-bond donors (Lipinski definition) is 1. The van der Waals surface area contributed by atoms with Gasteiger partial charge in [-0.05, 0) is 70.1 Å². The number of para-hydroxylation sites is 1. The van der Waals surface area contributed by atoms with Crippen molar-refractivity contribution in [3.05, 3.63) is 125 Å². The van der Waals surface area contributed by atoms with Crippen molar-refractivity contribution in [2.45, 2.75) is 19.3 Å². The number of aromatic amines is 1. The lowest BCUT2D eigenvalue weighted by molar-refractivity contribution is 0.660. The molecule has 4 aromatic carbocycles. The molecular weight excluding hydrogens is 496 g/mol. The lowest BCUT2D eigenvalue weighted by Crippen LogP contribution is -2.16. The van der Waals surface area contributed by atoms with Crippen LogP contribution in [0.5, 0.6) is 0 Å². The molecule has 0 aliphatic heterocycles. The van der Waals surface area contributed by atoms with Gasteiger partial charge in [-0.1, -0.05) is 62.4 Å². The van der Waals surface area contributed by atoms with E-state index in [0.29, 0.717) is 0 Å². The number of benzene rings is 4. The summed E-state index contributed by atoms with van der Waals surface area (Å²) in [5, 5.41) is 6.81. The van der Waals surface area contributed by atoms with E-state index in [1.54, 1.807) is 17.7 Å². The average Bonchev–Trinajstić information content (AvgIpc) is 3.76. The molecule has 8 rings (SSSR count). The third kappa shape index (κ3) is 3.20. The summed E-state index contributed by atoms with van der Waals surface area (Å²) < 4.78 is 2.26. The van der Waals surface area contributed by atoms with Crippen LogP contribution in [0.15, 0.2) is 114 Å². The molecular formula is C34H26N4S. The summed E-state index contributed by atoms with van der Waals surface area (Å²) >= 11 is 1.72. The van der Waals surface area contributed by atoms with Crippen LogP contribution in [0, 0.1) is 0 Å². The number of nitrogens with one attached hydrogen (secondary N) is 1. The molecule has 0 fully saturated rings. The summed E-state index contributed by atoms with van der Waals surface area (Å²) in [7, 11) is 0. The second-order valence-electron chi connectivity index (χ2n) is 10.7. The molecule has 0 amide bonds. The number of anilines is 3. The Kier molecular flexibility index (Phi) is 4.70. The maximum Gasteiger partial charge on any atom is 0.135 e. The van der Waals surface area contributed by atoms with Gasteiger partial charge in [0.2, 0.25) is 0 Å². The van der Waals surface area contributed by atoms with Crippen LogP contribution in [-0.4, -0.2) is 14.5 Å². The fraction of sp³-hybridized carbons (Fsp3) is 0.0882. The maximum absolute atomic E-state index is 4.28. The molecule has 1 aliphatic carbocycles. The van der Waals surface area contributed by atoms with Gasteiger partial charge in [-0.2, -0.15) is 11.3 Å². The van der Waals surface area contributed by atoms with Crippen LogP contribution in [0.2, 0.25) is 0 Å². The van der Waals surface area contributed by atoms with Gasteiger partial charge in [-0.3, -0.25) is 4.57 Å². The molecule has 188 valence electrons. The third-order valence-corrected chi connectivity index (χ3v) is 8.90. The first-order chi connectivity index (χ1) is 19.1. The molecule has 1 N–H and O–H groups in total. The molecule has 1 aliphatic rings. The van der Waals surface area contributed by atoms with Crippen molar-refractivity contribution in [2.24, 2.45) is 0 Å². The van der Waals surface area contributed by atoms with Crippen molar-refractivity contribution >= 4 is 50.2 Å². The molecule has 0 spiro atoms. The van der Waals surface area contributed by atoms with E-state index in [2.05, 4.69) is 135 Å². The predicted octanol–water partition coefficient (Wildman–Crippen LogP) is 9.34. The lowest BCUT2D eigenvalue weighted by Gasteiger charge is -2.27. The minimum Gasteiger partial charge on any atom is -0.331 e. The Morgan fingerprint density at radius 1 is 0.744 bits per heavy atom. The highest BCUT2D eigenvalue weighted by Crippen LogP contribution is 2.50. The SMILES string of the molecule is CC1(C)c2ccccc2-c2ccc(N(c3ccsc3)c3ccc4c(c3)c3ccccc3n4-c3cnc[nH]3)cc21. The van der Waals surface area contributed by atoms with Crippen LogP contribution in [-0.2, 0) is 5.41 Å². The monoisotopic (exact) mass is 522 g/mol. The third-order valence-electron chi connectivity index (χ3n) is 8.23. The highest BCUT2D eigenvalue weighted by molar-refractivity contribution is 7.08. The van der Waals surface area contributed by atoms with Crippen molar-refractivity contribution in [3.63, 3.8) is 0 Å². The second kappa shape index (κ2) is 8.19. The van der Waals surface area contributed by atoms with Gasteiger partial charge < -0.3 is 9.88 Å². The van der Waals surface area contributed by atoms with E-state index in [1.807, 2.05) is 6.20 Å². The van der Waals surface area contributed by atoms with E-state index in [9.17, 15) is 0 Å². The molecule has 0 saturated carbocycles. The molecule has 3 heterocycles. The van der Waals surface area contributed by atoms with E-state index >= 15 is 0 Å². The molecule has 0 saturated heterocycles. The van der Waals surface area contributed by atoms with Crippen molar-refractivity contribution in [1.29, 1.82) is 0 Å². The summed E-state index contributed by atoms with van der Waals surface area (Å²) in [6.07, 6.45) is 3.61. The van der Waals surface area contributed by atoms with Gasteiger partial charge in [0, 0.05) is 32.9 Å². The highest BCUT2D eigenvalue weighted by Gasteiger charge is 2.35. The van der Waals surface area contributed by atoms with Crippen molar-refractivity contribution in [2.75, 3.05) is 4.90 Å². The molecule has 0 unspecified atom stereocenters. The topological polar surface area (TPSA) is 36.9 Å². The van der Waals surface area contributed by atoms with Crippen LogP contribution in [0.25, 0.3) is 38.8 Å². The number of hydrogen-bond acceptors (Lipinski definition) is 3. The van der Waals surface area contributed by atoms with Crippen LogP contribution < -0.4 is 4.90 Å². The standard InChI is InChI=1S/C34H26N4S/c1-34(2)29-9-5-3-7-25(29)26-13-11-23(18-30(26)34)37(24-15-16-39-20-24)22-12-14-32-28(17-22)27-8-4-6-10-31(27)38(32)33-19-35-21-36-33/h3-21H,1-2H3,(H,35,36). The van der Waals surface area contributed by atoms with Crippen LogP contribution >= 0.6 is 11.3 Å². The van der Waals surface area contributed by atoms with Gasteiger partial charge in [-0.15, -0.1) is 0 Å². The Bertz CT molecular complexity index is 2000. The van der Waals surface area contributed by atoms with Gasteiger partial charge in [0.1, 0.15) is 5.82 Å². The van der Waals surface area contributed by atoms with Gasteiger partial charge in [-0.25, -0.2) is 4.98 Å². The highest BCUT2D eigenvalue weighted by atomic mass is 32.1. The quantitative estimate of drug-likeness (QED) is 0.250. The Labute approximate surface area is 230 Å². The zero-order valence-corrected chi connectivity index (χ0v) is 22.5. The Balaban J connectivity index is 1.34. The molecule has 39 heavy (non-hydrogen) atoms. The molecule has 3 aromatic heterocycles. The van der Waals surface area contributed by atoms with Crippen LogP contribution in [0.4, 0.5) is 17.1 Å². The zero-order chi connectivity index (χ0) is 26.1. The van der Waals surface area contributed by atoms with Crippen molar-refractivity contribution < 1.29 is 0 Å². The first-order valence-corrected chi connectivity index (χ1v) is 14.1. The average molecular weight is 523 g/mol. The summed E-state index contributed by atoms with van der Waals surface area (Å²) in [6.45, 7) is 4.68. The molecule has 7 aromatic rings. The summed E-state index contributed by atoms with van der Waals surface area (Å²) in [6, 6.07) is 33.4. The van der Waals surface area contributed by atoms with Crippen molar-refractivity contribution in [3.8, 4) is 16.9 Å². The Hall–Kier alpha value is -4.61. The number of rotatable bonds is 4. The number of imidazole rings is 1. The molecule has 0 bridgehead atoms. The van der Waals surface area contributed by atoms with Gasteiger partial charge in [0.05, 0.1) is 29.2 Å². The van der Waals surface area contributed by atoms with E-state index in [4.69, 9.17) is 0 Å². The summed E-state index contributed by atoms with van der Waals surface area (Å²) in [4.78, 5) is 9.96. The fourth-order valence-electron chi connectivity index (χ4n) is 6.39. The molecule has 5 heteroatoms. The normalized spacial score (nSPS) is 13.6. The van der Waals surface area contributed by atoms with E-state index in [-0.39, 0.29) is 5.41 Å². The minimum absolute atomic E-state index is 0.0519. The summed E-state index contributed by atoms with van der Waals surface area (Å²) in [5.74, 6) is 0.962. The number of thiophene rings is 1. The maximum atomic E-state index is 4.28. The number of fused-ring (bicyclic) bond motifs is 6. The zero-order valence-electron chi connectivity index (χ0n) is 21.7. The fourth-order valence-corrected chi connectivity index (χ4v) is 7.01. The Morgan fingerprint density at radius 3 is 2.36 bits per heavy atom. The van der Waals surface area contributed by atoms with E-state index in [0.717, 1.165) is 22.5 Å². The Morgan fingerprint density at radius 2 is 1.51 bits per heavy atom. The molecule has 0 radical (unpaired) electrons. The number of aromatic nitrogens is 3. The van der Waals surface area contributed by atoms with Crippen molar-refractivity contribution in [1.82, 2.24) is 14.5 Å². The van der Waals surface area contributed by atoms with Crippen LogP contribution in [0.3, 0.4) is 0 Å². The number of H-pyrrole nitrogens is 1. The van der Waals surface area contributed by atoms with Gasteiger partial charge in [0.15, 0.2) is 0 Å². The van der Waals surface area contributed by atoms with E-state index < -0.39 is 0 Å². The summed E-state index contributed by atoms with van der Waals surface area (Å²) in [5.41, 5.74) is 11.2. The second-order valence-corrected chi connectivity index (χ2v) is 11.5. The molecule has 0 atom stereocenters. The first-order valence-electron chi connectivity index (χ1n) is 13.2. The first kappa shape index (κ1) is 22.4. The number of nitrogens with zero attached hydrogens (tertiary/aromatic N) is 3. The lowest BCUT2D eigenvalue weighted by atomic mass is 9.82. The van der Waals surface area contributed by atoms with Gasteiger partial charge >= 0.3 is 0 Å². The van der Waals surface area contributed by atoms with E-state index in [1.165, 1.54) is 44.4 Å². The molecule has 4 nitrogen and oxygen atoms in total. The minimum atomic E-state index is -0.0519.